The van der Waals surface area contributed by atoms with Crippen molar-refractivity contribution >= 4 is 44.3 Å². The summed E-state index contributed by atoms with van der Waals surface area (Å²) >= 11 is 1.20. The molecule has 1 aromatic heterocycles. The number of rotatable bonds is 9. The lowest BCUT2D eigenvalue weighted by Crippen LogP contribution is -2.37. The van der Waals surface area contributed by atoms with E-state index in [9.17, 15) is 22.8 Å². The lowest BCUT2D eigenvalue weighted by molar-refractivity contribution is 0.0600. The van der Waals surface area contributed by atoms with Crippen LogP contribution < -0.4 is 5.32 Å². The van der Waals surface area contributed by atoms with Crippen LogP contribution in [0.25, 0.3) is 0 Å². The van der Waals surface area contributed by atoms with E-state index in [0.29, 0.717) is 31.1 Å². The number of anilines is 1. The number of sulfonamides is 1. The Morgan fingerprint density at radius 3 is 2.16 bits per heavy atom. The number of nitrogens with zero attached hydrogens (tertiary/aromatic N) is 2. The smallest absolute Gasteiger partial charge is 0.409 e. The number of ether oxygens (including phenoxy) is 2. The van der Waals surface area contributed by atoms with Gasteiger partial charge in [0, 0.05) is 30.1 Å². The zero-order chi connectivity index (χ0) is 28.2. The van der Waals surface area contributed by atoms with E-state index in [1.54, 1.807) is 0 Å². The van der Waals surface area contributed by atoms with Gasteiger partial charge in [-0.2, -0.15) is 4.31 Å². The summed E-state index contributed by atoms with van der Waals surface area (Å²) in [7, 11) is -1.16. The van der Waals surface area contributed by atoms with Crippen LogP contribution in [0.2, 0.25) is 0 Å². The number of carbonyl (C=O) groups is 3. The van der Waals surface area contributed by atoms with Gasteiger partial charge in [0.15, 0.2) is 0 Å². The first kappa shape index (κ1) is 29.6. The van der Waals surface area contributed by atoms with Gasteiger partial charge >= 0.3 is 12.1 Å². The van der Waals surface area contributed by atoms with E-state index in [-0.39, 0.29) is 34.4 Å². The summed E-state index contributed by atoms with van der Waals surface area (Å²) in [4.78, 5) is 40.0. The summed E-state index contributed by atoms with van der Waals surface area (Å²) in [5.41, 5.74) is 1.23. The van der Waals surface area contributed by atoms with Crippen molar-refractivity contribution in [3.63, 3.8) is 0 Å². The molecule has 2 heterocycles. The Morgan fingerprint density at radius 2 is 1.63 bits per heavy atom. The van der Waals surface area contributed by atoms with Gasteiger partial charge in [0.2, 0.25) is 10.0 Å². The molecule has 0 fully saturated rings. The van der Waals surface area contributed by atoms with E-state index in [4.69, 9.17) is 9.47 Å². The number of esters is 1. The van der Waals surface area contributed by atoms with E-state index in [0.717, 1.165) is 10.4 Å². The van der Waals surface area contributed by atoms with Crippen LogP contribution >= 0.6 is 11.3 Å². The fraction of sp³-hybridized carbons (Fsp3) is 0.500. The average molecular weight is 566 g/mol. The van der Waals surface area contributed by atoms with E-state index < -0.39 is 28.0 Å². The highest BCUT2D eigenvalue weighted by atomic mass is 32.2. The van der Waals surface area contributed by atoms with Crippen molar-refractivity contribution in [1.29, 1.82) is 0 Å². The maximum absolute atomic E-state index is 13.3. The minimum atomic E-state index is -3.73. The van der Waals surface area contributed by atoms with Gasteiger partial charge in [-0.05, 0) is 48.1 Å². The Hall–Kier alpha value is -2.96. The van der Waals surface area contributed by atoms with Gasteiger partial charge in [-0.15, -0.1) is 11.3 Å². The number of fused-ring (bicyclic) bond motifs is 1. The highest BCUT2D eigenvalue weighted by Gasteiger charge is 2.31. The highest BCUT2D eigenvalue weighted by Crippen LogP contribution is 2.38. The van der Waals surface area contributed by atoms with Crippen molar-refractivity contribution in [2.45, 2.75) is 45.6 Å². The average Bonchev–Trinajstić information content (AvgIpc) is 3.23. The zero-order valence-electron chi connectivity index (χ0n) is 22.6. The number of methoxy groups -OCH3 is 2. The molecule has 3 rings (SSSR count). The maximum atomic E-state index is 13.3. The lowest BCUT2D eigenvalue weighted by Gasteiger charge is -2.25. The molecule has 0 spiro atoms. The van der Waals surface area contributed by atoms with Crippen LogP contribution in [0.3, 0.4) is 0 Å². The lowest BCUT2D eigenvalue weighted by atomic mass is 10.0. The molecule has 0 aliphatic carbocycles. The molecule has 0 unspecified atom stereocenters. The summed E-state index contributed by atoms with van der Waals surface area (Å²) in [5.74, 6) is -0.757. The third-order valence-corrected chi connectivity index (χ3v) is 8.98. The maximum Gasteiger partial charge on any atom is 0.409 e. The largest absolute Gasteiger partial charge is 0.465 e. The molecule has 0 saturated carbocycles. The third kappa shape index (κ3) is 6.54. The molecular weight excluding hydrogens is 530 g/mol. The number of benzene rings is 1. The van der Waals surface area contributed by atoms with Crippen LogP contribution in [0, 0.1) is 11.8 Å². The first-order valence-corrected chi connectivity index (χ1v) is 14.6. The van der Waals surface area contributed by atoms with Crippen LogP contribution in [-0.2, 0) is 32.5 Å². The number of amides is 2. The third-order valence-electron chi connectivity index (χ3n) is 6.00. The molecule has 10 nitrogen and oxygen atoms in total. The second kappa shape index (κ2) is 12.3. The molecule has 1 aliphatic heterocycles. The number of thiophene rings is 1. The van der Waals surface area contributed by atoms with E-state index in [1.165, 1.54) is 59.0 Å². The second-order valence-corrected chi connectivity index (χ2v) is 13.0. The minimum absolute atomic E-state index is 0.111. The molecule has 12 heteroatoms. The Bertz CT molecular complexity index is 1270. The molecule has 1 aliphatic rings. The standard InChI is InChI=1S/C26H35N3O7S2/c1-16(2)13-29(14-17(3)4)38(33,34)19-9-7-18(8-10-19)23(30)27-24-22(25(31)35-5)20-11-12-28(26(32)36-6)15-21(20)37-24/h7-10,16-17H,11-15H2,1-6H3,(H,27,30). The topological polar surface area (TPSA) is 122 Å². The molecule has 0 saturated heterocycles. The molecular formula is C26H35N3O7S2. The molecule has 1 N–H and O–H groups in total. The van der Waals surface area contributed by atoms with Gasteiger partial charge in [-0.3, -0.25) is 4.79 Å². The molecule has 2 amide bonds. The zero-order valence-corrected chi connectivity index (χ0v) is 24.2. The Labute approximate surface area is 228 Å². The predicted octanol–water partition coefficient (Wildman–Crippen LogP) is 4.21. The number of carbonyl (C=O) groups excluding carboxylic acids is 3. The quantitative estimate of drug-likeness (QED) is 0.452. The predicted molar refractivity (Wildman–Crippen MR) is 145 cm³/mol. The van der Waals surface area contributed by atoms with Crippen LogP contribution in [-0.4, -0.2) is 69.4 Å². The van der Waals surface area contributed by atoms with Gasteiger partial charge in [0.1, 0.15) is 5.00 Å². The molecule has 38 heavy (non-hydrogen) atoms. The molecule has 0 atom stereocenters. The summed E-state index contributed by atoms with van der Waals surface area (Å²) < 4.78 is 37.8. The van der Waals surface area contributed by atoms with Gasteiger partial charge in [0.05, 0.1) is 31.2 Å². The van der Waals surface area contributed by atoms with Crippen LogP contribution in [0.15, 0.2) is 29.2 Å². The van der Waals surface area contributed by atoms with Crippen molar-refractivity contribution < 1.29 is 32.3 Å². The number of hydrogen-bond acceptors (Lipinski definition) is 8. The first-order chi connectivity index (χ1) is 17.9. The van der Waals surface area contributed by atoms with Crippen LogP contribution in [0.5, 0.6) is 0 Å². The molecule has 208 valence electrons. The SMILES string of the molecule is COC(=O)c1c(NC(=O)c2ccc(S(=O)(=O)N(CC(C)C)CC(C)C)cc2)sc2c1CCN(C(=O)OC)C2. The Morgan fingerprint density at radius 1 is 1.03 bits per heavy atom. The van der Waals surface area contributed by atoms with Gasteiger partial charge < -0.3 is 19.7 Å². The minimum Gasteiger partial charge on any atom is -0.465 e. The summed E-state index contributed by atoms with van der Waals surface area (Å²) in [6.07, 6.45) is -0.0542. The molecule has 0 radical (unpaired) electrons. The van der Waals surface area contributed by atoms with Crippen LogP contribution in [0.4, 0.5) is 9.80 Å². The Balaban J connectivity index is 1.85. The number of hydrogen-bond donors (Lipinski definition) is 1. The van der Waals surface area contributed by atoms with E-state index >= 15 is 0 Å². The van der Waals surface area contributed by atoms with Gasteiger partial charge in [-0.25, -0.2) is 18.0 Å². The number of nitrogens with one attached hydrogen (secondary N) is 1. The van der Waals surface area contributed by atoms with Crippen molar-refractivity contribution in [3.8, 4) is 0 Å². The van der Waals surface area contributed by atoms with E-state index in [1.807, 2.05) is 27.7 Å². The second-order valence-electron chi connectivity index (χ2n) is 9.93. The van der Waals surface area contributed by atoms with Crippen molar-refractivity contribution in [3.05, 3.63) is 45.8 Å². The van der Waals surface area contributed by atoms with Crippen molar-refractivity contribution in [2.24, 2.45) is 11.8 Å². The fourth-order valence-electron chi connectivity index (χ4n) is 4.28. The van der Waals surface area contributed by atoms with Gasteiger partial charge in [0.25, 0.3) is 5.91 Å². The molecule has 0 bridgehead atoms. The summed E-state index contributed by atoms with van der Waals surface area (Å²) in [6.45, 7) is 9.28. The molecule has 2 aromatic rings. The summed E-state index contributed by atoms with van der Waals surface area (Å²) in [6, 6.07) is 5.75. The highest BCUT2D eigenvalue weighted by molar-refractivity contribution is 7.89. The fourth-order valence-corrected chi connectivity index (χ4v) is 7.30. The van der Waals surface area contributed by atoms with Crippen molar-refractivity contribution in [2.75, 3.05) is 39.2 Å². The molecule has 1 aromatic carbocycles. The Kier molecular flexibility index (Phi) is 9.55. The normalized spacial score (nSPS) is 13.6. The van der Waals surface area contributed by atoms with Gasteiger partial charge in [-0.1, -0.05) is 27.7 Å². The monoisotopic (exact) mass is 565 g/mol. The van der Waals surface area contributed by atoms with Crippen molar-refractivity contribution in [1.82, 2.24) is 9.21 Å². The summed E-state index contributed by atoms with van der Waals surface area (Å²) in [5, 5.41) is 3.09. The van der Waals surface area contributed by atoms with E-state index in [2.05, 4.69) is 5.32 Å². The first-order valence-electron chi connectivity index (χ1n) is 12.4. The van der Waals surface area contributed by atoms with Crippen LogP contribution in [0.1, 0.15) is 58.9 Å².